The largest absolute Gasteiger partial charge is 0.391 e. The number of hydrogen-bond acceptors (Lipinski definition) is 3. The van der Waals surface area contributed by atoms with Gasteiger partial charge in [-0.1, -0.05) is 23.8 Å². The fourth-order valence-corrected chi connectivity index (χ4v) is 3.62. The molecule has 1 fully saturated rings. The van der Waals surface area contributed by atoms with Crippen molar-refractivity contribution in [2.24, 2.45) is 0 Å². The lowest BCUT2D eigenvalue weighted by atomic mass is 9.97. The van der Waals surface area contributed by atoms with Crippen molar-refractivity contribution in [1.82, 2.24) is 4.90 Å². The molecule has 2 aliphatic rings. The molecule has 1 aromatic rings. The molecule has 4 nitrogen and oxygen atoms in total. The summed E-state index contributed by atoms with van der Waals surface area (Å²) in [5.74, 6) is 0.0220. The molecular weight excluding hydrogens is 300 g/mol. The smallest absolute Gasteiger partial charge is 0.256 e. The summed E-state index contributed by atoms with van der Waals surface area (Å²) >= 11 is 0. The maximum Gasteiger partial charge on any atom is 0.256 e. The van der Waals surface area contributed by atoms with Gasteiger partial charge in [0.15, 0.2) is 0 Å². The number of nitrogens with zero attached hydrogens (tertiary/aromatic N) is 1. The molecule has 130 valence electrons. The number of piperidine rings is 1. The van der Waals surface area contributed by atoms with E-state index in [1.807, 2.05) is 24.3 Å². The van der Waals surface area contributed by atoms with Crippen LogP contribution in [0.5, 0.6) is 0 Å². The maximum atomic E-state index is 12.8. The summed E-state index contributed by atoms with van der Waals surface area (Å²) in [6, 6.07) is 7.72. The van der Waals surface area contributed by atoms with E-state index in [9.17, 15) is 9.90 Å². The molecule has 1 aliphatic heterocycles. The van der Waals surface area contributed by atoms with E-state index in [1.165, 1.54) is 31.3 Å². The third-order valence-electron chi connectivity index (χ3n) is 4.99. The molecule has 3 rings (SSSR count). The molecule has 1 amide bonds. The predicted molar refractivity (Wildman–Crippen MR) is 97.2 cm³/mol. The van der Waals surface area contributed by atoms with Crippen molar-refractivity contribution in [3.05, 3.63) is 41.5 Å². The van der Waals surface area contributed by atoms with Crippen LogP contribution in [0.3, 0.4) is 0 Å². The molecule has 0 aromatic heterocycles. The van der Waals surface area contributed by atoms with E-state index in [1.54, 1.807) is 4.90 Å². The van der Waals surface area contributed by atoms with Crippen molar-refractivity contribution in [3.63, 3.8) is 0 Å². The number of anilines is 1. The number of hydrogen-bond donors (Lipinski definition) is 2. The predicted octanol–water partition coefficient (Wildman–Crippen LogP) is 3.59. The SMILES string of the molecule is O=C(c1ccccc1NCCC1=CCCCC1)N1CCCC(O)C1. The van der Waals surface area contributed by atoms with E-state index in [4.69, 9.17) is 0 Å². The number of carbonyl (C=O) groups is 1. The topological polar surface area (TPSA) is 52.6 Å². The van der Waals surface area contributed by atoms with E-state index in [0.29, 0.717) is 12.1 Å². The summed E-state index contributed by atoms with van der Waals surface area (Å²) < 4.78 is 0. The first-order chi connectivity index (χ1) is 11.7. The van der Waals surface area contributed by atoms with Gasteiger partial charge >= 0.3 is 0 Å². The number of likely N-dealkylation sites (tertiary alicyclic amines) is 1. The zero-order valence-corrected chi connectivity index (χ0v) is 14.3. The van der Waals surface area contributed by atoms with Crippen LogP contribution in [0, 0.1) is 0 Å². The molecule has 0 radical (unpaired) electrons. The van der Waals surface area contributed by atoms with Gasteiger partial charge in [0.05, 0.1) is 11.7 Å². The van der Waals surface area contributed by atoms with Crippen molar-refractivity contribution in [2.75, 3.05) is 25.0 Å². The number of aliphatic hydroxyl groups is 1. The van der Waals surface area contributed by atoms with E-state index < -0.39 is 0 Å². The number of carbonyl (C=O) groups excluding carboxylic acids is 1. The highest BCUT2D eigenvalue weighted by Crippen LogP contribution is 2.22. The Kier molecular flexibility index (Phi) is 5.91. The fourth-order valence-electron chi connectivity index (χ4n) is 3.62. The van der Waals surface area contributed by atoms with Crippen molar-refractivity contribution in [2.45, 2.75) is 51.0 Å². The Morgan fingerprint density at radius 2 is 2.12 bits per heavy atom. The lowest BCUT2D eigenvalue weighted by Gasteiger charge is -2.30. The van der Waals surface area contributed by atoms with Gasteiger partial charge in [0.2, 0.25) is 0 Å². The van der Waals surface area contributed by atoms with Crippen LogP contribution in [0.25, 0.3) is 0 Å². The highest BCUT2D eigenvalue weighted by Gasteiger charge is 2.24. The quantitative estimate of drug-likeness (QED) is 0.812. The molecule has 2 N–H and O–H groups in total. The van der Waals surface area contributed by atoms with Gasteiger partial charge in [0, 0.05) is 25.3 Å². The Bertz CT molecular complexity index is 597. The molecule has 1 aliphatic carbocycles. The third kappa shape index (κ3) is 4.38. The first kappa shape index (κ1) is 17.0. The second kappa shape index (κ2) is 8.34. The Hall–Kier alpha value is -1.81. The molecule has 0 spiro atoms. The molecule has 1 saturated heterocycles. The number of amides is 1. The number of aliphatic hydroxyl groups excluding tert-OH is 1. The summed E-state index contributed by atoms with van der Waals surface area (Å²) in [6.45, 7) is 2.04. The van der Waals surface area contributed by atoms with E-state index in [2.05, 4.69) is 11.4 Å². The minimum atomic E-state index is -0.388. The van der Waals surface area contributed by atoms with Crippen molar-refractivity contribution < 1.29 is 9.90 Å². The Labute approximate surface area is 144 Å². The van der Waals surface area contributed by atoms with Gasteiger partial charge in [-0.2, -0.15) is 0 Å². The van der Waals surface area contributed by atoms with Crippen LogP contribution in [0.1, 0.15) is 55.3 Å². The number of nitrogens with one attached hydrogen (secondary N) is 1. The Morgan fingerprint density at radius 1 is 1.25 bits per heavy atom. The van der Waals surface area contributed by atoms with Crippen LogP contribution >= 0.6 is 0 Å². The van der Waals surface area contributed by atoms with E-state index >= 15 is 0 Å². The van der Waals surface area contributed by atoms with Gasteiger partial charge < -0.3 is 15.3 Å². The summed E-state index contributed by atoms with van der Waals surface area (Å²) in [6.07, 6.45) is 9.74. The number of para-hydroxylation sites is 1. The third-order valence-corrected chi connectivity index (χ3v) is 4.99. The van der Waals surface area contributed by atoms with Crippen molar-refractivity contribution in [3.8, 4) is 0 Å². The van der Waals surface area contributed by atoms with Gasteiger partial charge in [-0.05, 0) is 57.1 Å². The van der Waals surface area contributed by atoms with Crippen LogP contribution in [0.15, 0.2) is 35.9 Å². The second-order valence-electron chi connectivity index (χ2n) is 6.88. The van der Waals surface area contributed by atoms with E-state index in [-0.39, 0.29) is 12.0 Å². The average molecular weight is 328 g/mol. The number of allylic oxidation sites excluding steroid dienone is 1. The molecule has 1 aromatic carbocycles. The molecule has 0 saturated carbocycles. The minimum Gasteiger partial charge on any atom is -0.391 e. The monoisotopic (exact) mass is 328 g/mol. The fraction of sp³-hybridized carbons (Fsp3) is 0.550. The lowest BCUT2D eigenvalue weighted by Crippen LogP contribution is -2.42. The molecule has 1 unspecified atom stereocenters. The molecule has 4 heteroatoms. The number of rotatable bonds is 5. The van der Waals surface area contributed by atoms with Crippen LogP contribution in [-0.2, 0) is 0 Å². The van der Waals surface area contributed by atoms with Crippen molar-refractivity contribution >= 4 is 11.6 Å². The van der Waals surface area contributed by atoms with Gasteiger partial charge in [-0.25, -0.2) is 0 Å². The molecule has 0 bridgehead atoms. The average Bonchev–Trinajstić information content (AvgIpc) is 2.62. The van der Waals surface area contributed by atoms with E-state index in [0.717, 1.165) is 38.0 Å². The standard InChI is InChI=1S/C20H28N2O2/c23-17-9-6-14-22(15-17)20(24)18-10-4-5-11-19(18)21-13-12-16-7-2-1-3-8-16/h4-5,7,10-11,17,21,23H,1-3,6,8-9,12-15H2. The number of benzene rings is 1. The summed E-state index contributed by atoms with van der Waals surface area (Å²) in [4.78, 5) is 14.6. The summed E-state index contributed by atoms with van der Waals surface area (Å²) in [5.41, 5.74) is 3.15. The summed E-state index contributed by atoms with van der Waals surface area (Å²) in [7, 11) is 0. The minimum absolute atomic E-state index is 0.0220. The summed E-state index contributed by atoms with van der Waals surface area (Å²) in [5, 5.41) is 13.3. The van der Waals surface area contributed by atoms with Crippen molar-refractivity contribution in [1.29, 1.82) is 0 Å². The lowest BCUT2D eigenvalue weighted by molar-refractivity contribution is 0.0474. The molecule has 24 heavy (non-hydrogen) atoms. The molecular formula is C20H28N2O2. The van der Waals surface area contributed by atoms with Crippen LogP contribution in [0.4, 0.5) is 5.69 Å². The molecule has 1 heterocycles. The molecule has 1 atom stereocenters. The Balaban J connectivity index is 1.61. The second-order valence-corrected chi connectivity index (χ2v) is 6.88. The zero-order valence-electron chi connectivity index (χ0n) is 14.3. The van der Waals surface area contributed by atoms with Crippen LogP contribution in [-0.4, -0.2) is 41.7 Å². The number of β-amino-alcohol motifs (C(OH)–C–C–N with tert-alkyl or cyclic N) is 1. The normalized spacial score (nSPS) is 21.3. The highest BCUT2D eigenvalue weighted by molar-refractivity contribution is 5.99. The van der Waals surface area contributed by atoms with Crippen LogP contribution in [0.2, 0.25) is 0 Å². The highest BCUT2D eigenvalue weighted by atomic mass is 16.3. The van der Waals surface area contributed by atoms with Gasteiger partial charge in [-0.3, -0.25) is 4.79 Å². The zero-order chi connectivity index (χ0) is 16.8. The van der Waals surface area contributed by atoms with Gasteiger partial charge in [0.1, 0.15) is 0 Å². The first-order valence-corrected chi connectivity index (χ1v) is 9.22. The van der Waals surface area contributed by atoms with Crippen LogP contribution < -0.4 is 5.32 Å². The Morgan fingerprint density at radius 3 is 2.92 bits per heavy atom. The van der Waals surface area contributed by atoms with Gasteiger partial charge in [-0.15, -0.1) is 0 Å². The van der Waals surface area contributed by atoms with Gasteiger partial charge in [0.25, 0.3) is 5.91 Å². The first-order valence-electron chi connectivity index (χ1n) is 9.22. The maximum absolute atomic E-state index is 12.8.